The van der Waals surface area contributed by atoms with Gasteiger partial charge in [-0.15, -0.1) is 0 Å². The topological polar surface area (TPSA) is 78.9 Å². The minimum atomic E-state index is -0.792. The summed E-state index contributed by atoms with van der Waals surface area (Å²) >= 11 is 0. The molecule has 1 atom stereocenters. The molecule has 0 bridgehead atoms. The van der Waals surface area contributed by atoms with Crippen LogP contribution < -0.4 is 0 Å². The van der Waals surface area contributed by atoms with Crippen LogP contribution in [0.4, 0.5) is 0 Å². The van der Waals surface area contributed by atoms with Gasteiger partial charge < -0.3 is 14.2 Å². The van der Waals surface area contributed by atoms with Gasteiger partial charge in [-0.05, 0) is 83.5 Å². The maximum absolute atomic E-state index is 12.9. The van der Waals surface area contributed by atoms with Gasteiger partial charge in [-0.2, -0.15) is 0 Å². The summed E-state index contributed by atoms with van der Waals surface area (Å²) in [6, 6.07) is 0. The van der Waals surface area contributed by atoms with Crippen molar-refractivity contribution in [2.75, 3.05) is 13.2 Å². The molecule has 68 heavy (non-hydrogen) atoms. The van der Waals surface area contributed by atoms with Crippen molar-refractivity contribution < 1.29 is 28.6 Å². The molecule has 0 aromatic rings. The summed E-state index contributed by atoms with van der Waals surface area (Å²) in [5.74, 6) is -0.921. The van der Waals surface area contributed by atoms with Gasteiger partial charge >= 0.3 is 17.9 Å². The minimum Gasteiger partial charge on any atom is -0.462 e. The molecule has 0 unspecified atom stereocenters. The molecule has 6 heteroatoms. The summed E-state index contributed by atoms with van der Waals surface area (Å²) in [7, 11) is 0. The van der Waals surface area contributed by atoms with Crippen LogP contribution in [0.15, 0.2) is 60.8 Å². The van der Waals surface area contributed by atoms with Gasteiger partial charge in [0.15, 0.2) is 6.10 Å². The summed E-state index contributed by atoms with van der Waals surface area (Å²) in [6.45, 7) is 6.52. The van der Waals surface area contributed by atoms with Crippen LogP contribution in [-0.2, 0) is 28.6 Å². The number of carbonyl (C=O) groups is 3. The Bertz CT molecular complexity index is 1230. The first-order valence-electron chi connectivity index (χ1n) is 29.3. The van der Waals surface area contributed by atoms with Gasteiger partial charge in [0.1, 0.15) is 13.2 Å². The molecule has 0 aromatic heterocycles. The van der Waals surface area contributed by atoms with Crippen molar-refractivity contribution in [3.05, 3.63) is 60.8 Å². The van der Waals surface area contributed by atoms with Crippen molar-refractivity contribution in [1.29, 1.82) is 0 Å². The molecule has 0 spiro atoms. The summed E-state index contributed by atoms with van der Waals surface area (Å²) in [5, 5.41) is 0. The minimum absolute atomic E-state index is 0.0863. The van der Waals surface area contributed by atoms with Crippen LogP contribution in [0.5, 0.6) is 0 Å². The Kier molecular flexibility index (Phi) is 54.3. The lowest BCUT2D eigenvalue weighted by Gasteiger charge is -2.18. The van der Waals surface area contributed by atoms with E-state index in [-0.39, 0.29) is 31.1 Å². The average molecular weight is 952 g/mol. The van der Waals surface area contributed by atoms with Crippen LogP contribution in [-0.4, -0.2) is 37.2 Å². The molecule has 0 rings (SSSR count). The Hall–Kier alpha value is -2.89. The van der Waals surface area contributed by atoms with E-state index in [9.17, 15) is 14.4 Å². The first-order valence-corrected chi connectivity index (χ1v) is 29.3. The van der Waals surface area contributed by atoms with E-state index < -0.39 is 6.10 Å². The molecule has 0 aliphatic rings. The fourth-order valence-electron chi connectivity index (χ4n) is 8.37. The van der Waals surface area contributed by atoms with E-state index in [1.54, 1.807) is 0 Å². The van der Waals surface area contributed by atoms with E-state index in [0.29, 0.717) is 19.3 Å². The van der Waals surface area contributed by atoms with E-state index in [4.69, 9.17) is 14.2 Å². The summed E-state index contributed by atoms with van der Waals surface area (Å²) < 4.78 is 16.8. The number of hydrogen-bond donors (Lipinski definition) is 0. The van der Waals surface area contributed by atoms with Crippen molar-refractivity contribution >= 4 is 17.9 Å². The standard InChI is InChI=1S/C62H110O6/c1-4-7-10-13-16-19-22-25-28-30-32-34-37-40-43-46-49-52-55-61(64)67-58-59(57-66-60(63)54-51-48-45-42-39-36-33-27-24-21-18-15-12-9-6-3)68-62(65)56-53-50-47-44-41-38-35-31-29-26-23-20-17-14-11-8-5-2/h9,12,18,21,26-27,29,33,39,42,59H,4-8,10-11,13-17,19-20,22-25,28,30-32,34-38,40-41,43-58H2,1-3H3/b12-9-,21-18-,29-26-,33-27-,42-39-/t59-/m1/s1. The predicted octanol–water partition coefficient (Wildman–Crippen LogP) is 19.6. The zero-order valence-corrected chi connectivity index (χ0v) is 45.1. The maximum Gasteiger partial charge on any atom is 0.306 e. The Morgan fingerprint density at radius 1 is 0.309 bits per heavy atom. The summed E-state index contributed by atoms with van der Waals surface area (Å²) in [5.41, 5.74) is 0. The molecule has 0 radical (unpaired) electrons. The van der Waals surface area contributed by atoms with Gasteiger partial charge in [-0.25, -0.2) is 0 Å². The second-order valence-electron chi connectivity index (χ2n) is 19.5. The molecule has 0 N–H and O–H groups in total. The lowest BCUT2D eigenvalue weighted by atomic mass is 10.0. The number of unbranched alkanes of at least 4 members (excludes halogenated alkanes) is 32. The lowest BCUT2D eigenvalue weighted by Crippen LogP contribution is -2.30. The highest BCUT2D eigenvalue weighted by Gasteiger charge is 2.19. The highest BCUT2D eigenvalue weighted by molar-refractivity contribution is 5.71. The quantitative estimate of drug-likeness (QED) is 0.0262. The Labute approximate surface area is 421 Å². The van der Waals surface area contributed by atoms with Gasteiger partial charge in [0.05, 0.1) is 0 Å². The predicted molar refractivity (Wildman–Crippen MR) is 293 cm³/mol. The zero-order valence-electron chi connectivity index (χ0n) is 45.1. The Morgan fingerprint density at radius 2 is 0.574 bits per heavy atom. The Balaban J connectivity index is 4.40. The van der Waals surface area contributed by atoms with Crippen LogP contribution in [0.25, 0.3) is 0 Å². The molecule has 0 fully saturated rings. The smallest absolute Gasteiger partial charge is 0.306 e. The fourth-order valence-corrected chi connectivity index (χ4v) is 8.37. The number of hydrogen-bond acceptors (Lipinski definition) is 6. The van der Waals surface area contributed by atoms with Gasteiger partial charge in [-0.1, -0.05) is 255 Å². The molecule has 394 valence electrons. The number of allylic oxidation sites excluding steroid dienone is 10. The summed E-state index contributed by atoms with van der Waals surface area (Å²) in [6.07, 6.45) is 70.7. The molecule has 0 saturated heterocycles. The van der Waals surface area contributed by atoms with Crippen molar-refractivity contribution in [3.63, 3.8) is 0 Å². The zero-order chi connectivity index (χ0) is 49.3. The first kappa shape index (κ1) is 65.1. The van der Waals surface area contributed by atoms with Crippen LogP contribution in [0.1, 0.15) is 297 Å². The number of ether oxygens (including phenoxy) is 3. The maximum atomic E-state index is 12.9. The molecule has 0 heterocycles. The third kappa shape index (κ3) is 54.1. The largest absolute Gasteiger partial charge is 0.462 e. The second-order valence-corrected chi connectivity index (χ2v) is 19.5. The average Bonchev–Trinajstić information content (AvgIpc) is 3.34. The van der Waals surface area contributed by atoms with Crippen molar-refractivity contribution in [2.45, 2.75) is 303 Å². The Morgan fingerprint density at radius 3 is 0.941 bits per heavy atom. The summed E-state index contributed by atoms with van der Waals surface area (Å²) in [4.78, 5) is 38.2. The van der Waals surface area contributed by atoms with Crippen LogP contribution in [0.3, 0.4) is 0 Å². The highest BCUT2D eigenvalue weighted by Crippen LogP contribution is 2.16. The molecule has 0 aliphatic heterocycles. The molecular formula is C62H110O6. The fraction of sp³-hybridized carbons (Fsp3) is 0.790. The molecule has 6 nitrogen and oxygen atoms in total. The van der Waals surface area contributed by atoms with Gasteiger partial charge in [-0.3, -0.25) is 14.4 Å². The van der Waals surface area contributed by atoms with Crippen LogP contribution in [0, 0.1) is 0 Å². The third-order valence-electron chi connectivity index (χ3n) is 12.8. The van der Waals surface area contributed by atoms with E-state index in [1.807, 2.05) is 0 Å². The SMILES string of the molecule is CC/C=C\C/C=C\C/C=C\C/C=C\CCCCC(=O)OC[C@H](COC(=O)CCCCCCCCCCCCCCCCCCCC)OC(=O)CCCCCCCCC/C=C\CCCCCCCC. The molecule has 0 aliphatic carbocycles. The van der Waals surface area contributed by atoms with Gasteiger partial charge in [0.25, 0.3) is 0 Å². The lowest BCUT2D eigenvalue weighted by molar-refractivity contribution is -0.167. The second kappa shape index (κ2) is 56.7. The van der Waals surface area contributed by atoms with Crippen molar-refractivity contribution in [2.24, 2.45) is 0 Å². The van der Waals surface area contributed by atoms with E-state index in [0.717, 1.165) is 83.5 Å². The van der Waals surface area contributed by atoms with E-state index >= 15 is 0 Å². The highest BCUT2D eigenvalue weighted by atomic mass is 16.6. The molecular weight excluding hydrogens is 841 g/mol. The molecule has 0 amide bonds. The monoisotopic (exact) mass is 951 g/mol. The van der Waals surface area contributed by atoms with Crippen molar-refractivity contribution in [3.8, 4) is 0 Å². The van der Waals surface area contributed by atoms with Crippen LogP contribution in [0.2, 0.25) is 0 Å². The van der Waals surface area contributed by atoms with Crippen molar-refractivity contribution in [1.82, 2.24) is 0 Å². The molecule has 0 aromatic carbocycles. The van der Waals surface area contributed by atoms with E-state index in [2.05, 4.69) is 81.5 Å². The molecule has 0 saturated carbocycles. The van der Waals surface area contributed by atoms with Gasteiger partial charge in [0.2, 0.25) is 0 Å². The normalized spacial score (nSPS) is 12.5. The number of esters is 3. The third-order valence-corrected chi connectivity index (χ3v) is 12.8. The number of rotatable bonds is 53. The number of carbonyl (C=O) groups excluding carboxylic acids is 3. The van der Waals surface area contributed by atoms with Gasteiger partial charge in [0, 0.05) is 19.3 Å². The van der Waals surface area contributed by atoms with Crippen LogP contribution >= 0.6 is 0 Å². The first-order chi connectivity index (χ1) is 33.5. The van der Waals surface area contributed by atoms with E-state index in [1.165, 1.54) is 173 Å².